The maximum absolute atomic E-state index is 12.5. The molecule has 0 aliphatic heterocycles. The maximum Gasteiger partial charge on any atom is 0.234 e. The molecular formula is C24H21ClN4OS. The molecule has 1 heterocycles. The Morgan fingerprint density at radius 3 is 2.26 bits per heavy atom. The van der Waals surface area contributed by atoms with Gasteiger partial charge in [-0.25, -0.2) is 0 Å². The summed E-state index contributed by atoms with van der Waals surface area (Å²) in [5.41, 5.74) is 4.77. The van der Waals surface area contributed by atoms with Crippen LogP contribution in [0, 0.1) is 13.8 Å². The van der Waals surface area contributed by atoms with Crippen molar-refractivity contribution in [3.8, 4) is 17.1 Å². The quantitative estimate of drug-likeness (QED) is 0.371. The van der Waals surface area contributed by atoms with Crippen molar-refractivity contribution in [1.29, 1.82) is 0 Å². The number of hydrogen-bond donors (Lipinski definition) is 1. The van der Waals surface area contributed by atoms with E-state index in [2.05, 4.69) is 15.5 Å². The number of rotatable bonds is 6. The lowest BCUT2D eigenvalue weighted by Crippen LogP contribution is -2.14. The summed E-state index contributed by atoms with van der Waals surface area (Å²) in [4.78, 5) is 12.5. The van der Waals surface area contributed by atoms with Gasteiger partial charge in [0.1, 0.15) is 0 Å². The molecule has 0 fully saturated rings. The molecule has 7 heteroatoms. The van der Waals surface area contributed by atoms with E-state index in [1.54, 1.807) is 0 Å². The van der Waals surface area contributed by atoms with Crippen molar-refractivity contribution in [3.05, 3.63) is 88.9 Å². The zero-order chi connectivity index (χ0) is 21.8. The van der Waals surface area contributed by atoms with E-state index >= 15 is 0 Å². The largest absolute Gasteiger partial charge is 0.325 e. The van der Waals surface area contributed by atoms with Crippen LogP contribution in [-0.4, -0.2) is 26.4 Å². The van der Waals surface area contributed by atoms with Crippen LogP contribution in [0.1, 0.15) is 11.1 Å². The van der Waals surface area contributed by atoms with Crippen LogP contribution in [0.4, 0.5) is 5.69 Å². The van der Waals surface area contributed by atoms with Crippen LogP contribution in [0.3, 0.4) is 0 Å². The van der Waals surface area contributed by atoms with Gasteiger partial charge in [-0.3, -0.25) is 9.36 Å². The molecule has 0 spiro atoms. The van der Waals surface area contributed by atoms with Crippen molar-refractivity contribution in [3.63, 3.8) is 0 Å². The van der Waals surface area contributed by atoms with Gasteiger partial charge in [0.25, 0.3) is 0 Å². The van der Waals surface area contributed by atoms with Crippen molar-refractivity contribution in [2.75, 3.05) is 11.1 Å². The molecule has 0 aliphatic carbocycles. The first-order chi connectivity index (χ1) is 15.0. The molecule has 31 heavy (non-hydrogen) atoms. The molecule has 0 atom stereocenters. The molecule has 1 N–H and O–H groups in total. The van der Waals surface area contributed by atoms with Gasteiger partial charge >= 0.3 is 0 Å². The van der Waals surface area contributed by atoms with Gasteiger partial charge in [-0.15, -0.1) is 10.2 Å². The van der Waals surface area contributed by atoms with Crippen molar-refractivity contribution in [2.24, 2.45) is 0 Å². The summed E-state index contributed by atoms with van der Waals surface area (Å²) in [6.07, 6.45) is 0. The standard InChI is InChI=1S/C24H21ClN4OS/c1-16-7-11-18(12-8-16)26-22(30)15-31-24-28-27-23(20-5-3-4-6-21(20)25)29(24)19-13-9-17(2)10-14-19/h3-14H,15H2,1-2H3,(H,26,30). The average molecular weight is 449 g/mol. The minimum atomic E-state index is -0.105. The van der Waals surface area contributed by atoms with E-state index < -0.39 is 0 Å². The molecule has 156 valence electrons. The van der Waals surface area contributed by atoms with Crippen molar-refractivity contribution in [2.45, 2.75) is 19.0 Å². The van der Waals surface area contributed by atoms with Gasteiger partial charge in [-0.1, -0.05) is 70.9 Å². The number of carbonyl (C=O) groups is 1. The first kappa shape index (κ1) is 21.2. The second-order valence-corrected chi connectivity index (χ2v) is 8.51. The maximum atomic E-state index is 12.5. The first-order valence-electron chi connectivity index (χ1n) is 9.78. The number of halogens is 1. The summed E-state index contributed by atoms with van der Waals surface area (Å²) in [6.45, 7) is 4.05. The zero-order valence-corrected chi connectivity index (χ0v) is 18.7. The molecule has 0 saturated heterocycles. The zero-order valence-electron chi connectivity index (χ0n) is 17.2. The van der Waals surface area contributed by atoms with E-state index in [1.807, 2.05) is 91.2 Å². The summed E-state index contributed by atoms with van der Waals surface area (Å²) in [5.74, 6) is 0.739. The van der Waals surface area contributed by atoms with Gasteiger partial charge in [0.05, 0.1) is 10.8 Å². The van der Waals surface area contributed by atoms with Crippen LogP contribution < -0.4 is 5.32 Å². The van der Waals surface area contributed by atoms with Crippen molar-refractivity contribution < 1.29 is 4.79 Å². The number of nitrogens with one attached hydrogen (secondary N) is 1. The number of benzene rings is 3. The van der Waals surface area contributed by atoms with Crippen LogP contribution in [0.2, 0.25) is 5.02 Å². The molecule has 0 unspecified atom stereocenters. The molecule has 4 rings (SSSR count). The molecule has 0 saturated carbocycles. The summed E-state index contributed by atoms with van der Waals surface area (Å²) < 4.78 is 1.93. The molecule has 3 aromatic carbocycles. The molecule has 1 aromatic heterocycles. The molecule has 4 aromatic rings. The van der Waals surface area contributed by atoms with Gasteiger partial charge in [0.15, 0.2) is 11.0 Å². The molecule has 1 amide bonds. The van der Waals surface area contributed by atoms with E-state index in [0.717, 1.165) is 28.1 Å². The SMILES string of the molecule is Cc1ccc(NC(=O)CSc2nnc(-c3ccccc3Cl)n2-c2ccc(C)cc2)cc1. The normalized spacial score (nSPS) is 10.8. The number of aromatic nitrogens is 3. The lowest BCUT2D eigenvalue weighted by Gasteiger charge is -2.11. The van der Waals surface area contributed by atoms with E-state index in [9.17, 15) is 4.79 Å². The van der Waals surface area contributed by atoms with E-state index in [1.165, 1.54) is 11.8 Å². The second-order valence-electron chi connectivity index (χ2n) is 7.16. The number of thioether (sulfide) groups is 1. The Bertz CT molecular complexity index is 1200. The lowest BCUT2D eigenvalue weighted by molar-refractivity contribution is -0.113. The average Bonchev–Trinajstić information content (AvgIpc) is 3.18. The summed E-state index contributed by atoms with van der Waals surface area (Å²) in [7, 11) is 0. The van der Waals surface area contributed by atoms with E-state index in [4.69, 9.17) is 11.6 Å². The van der Waals surface area contributed by atoms with Gasteiger partial charge in [-0.05, 0) is 50.2 Å². The third-order valence-corrected chi connectivity index (χ3v) is 5.97. The minimum Gasteiger partial charge on any atom is -0.325 e. The Labute approximate surface area is 190 Å². The van der Waals surface area contributed by atoms with Gasteiger partial charge < -0.3 is 5.32 Å². The number of aryl methyl sites for hydroxylation is 2. The number of carbonyl (C=O) groups excluding carboxylic acids is 1. The minimum absolute atomic E-state index is 0.105. The fraction of sp³-hybridized carbons (Fsp3) is 0.125. The van der Waals surface area contributed by atoms with Crippen LogP contribution >= 0.6 is 23.4 Å². The summed E-state index contributed by atoms with van der Waals surface area (Å²) in [6, 6.07) is 23.3. The molecule has 5 nitrogen and oxygen atoms in total. The predicted molar refractivity (Wildman–Crippen MR) is 127 cm³/mol. The van der Waals surface area contributed by atoms with Gasteiger partial charge in [0, 0.05) is 16.9 Å². The Morgan fingerprint density at radius 1 is 0.935 bits per heavy atom. The van der Waals surface area contributed by atoms with Crippen LogP contribution in [0.5, 0.6) is 0 Å². The monoisotopic (exact) mass is 448 g/mol. The molecule has 0 aliphatic rings. The third-order valence-electron chi connectivity index (χ3n) is 4.71. The number of amides is 1. The van der Waals surface area contributed by atoms with E-state index in [0.29, 0.717) is 16.0 Å². The van der Waals surface area contributed by atoms with Gasteiger partial charge in [0.2, 0.25) is 5.91 Å². The van der Waals surface area contributed by atoms with Gasteiger partial charge in [-0.2, -0.15) is 0 Å². The summed E-state index contributed by atoms with van der Waals surface area (Å²) >= 11 is 7.76. The highest BCUT2D eigenvalue weighted by atomic mass is 35.5. The molecular weight excluding hydrogens is 428 g/mol. The molecule has 0 bridgehead atoms. The summed E-state index contributed by atoms with van der Waals surface area (Å²) in [5, 5.41) is 12.9. The highest BCUT2D eigenvalue weighted by molar-refractivity contribution is 7.99. The Morgan fingerprint density at radius 2 is 1.58 bits per heavy atom. The number of nitrogens with zero attached hydrogens (tertiary/aromatic N) is 3. The lowest BCUT2D eigenvalue weighted by atomic mass is 10.2. The fourth-order valence-corrected chi connectivity index (χ4v) is 4.04. The number of hydrogen-bond acceptors (Lipinski definition) is 4. The van der Waals surface area contributed by atoms with Crippen molar-refractivity contribution in [1.82, 2.24) is 14.8 Å². The smallest absolute Gasteiger partial charge is 0.234 e. The van der Waals surface area contributed by atoms with E-state index in [-0.39, 0.29) is 11.7 Å². The highest BCUT2D eigenvalue weighted by Gasteiger charge is 2.19. The van der Waals surface area contributed by atoms with Crippen LogP contribution in [0.25, 0.3) is 17.1 Å². The van der Waals surface area contributed by atoms with Crippen LogP contribution in [0.15, 0.2) is 78.0 Å². The predicted octanol–water partition coefficient (Wildman–Crippen LogP) is 5.94. The Kier molecular flexibility index (Phi) is 6.39. The highest BCUT2D eigenvalue weighted by Crippen LogP contribution is 2.32. The Balaban J connectivity index is 1.61. The third kappa shape index (κ3) is 4.98. The fourth-order valence-electron chi connectivity index (χ4n) is 3.07. The topological polar surface area (TPSA) is 59.8 Å². The van der Waals surface area contributed by atoms with Crippen LogP contribution in [-0.2, 0) is 4.79 Å². The first-order valence-corrected chi connectivity index (χ1v) is 11.1. The number of anilines is 1. The second kappa shape index (κ2) is 9.37. The Hall–Kier alpha value is -3.09. The molecule has 0 radical (unpaired) electrons. The van der Waals surface area contributed by atoms with Crippen molar-refractivity contribution >= 4 is 35.0 Å².